The minimum absolute atomic E-state index is 0.168. The van der Waals surface area contributed by atoms with Crippen LogP contribution in [0, 0.1) is 13.8 Å². The number of aryl methyl sites for hydroxylation is 2. The number of carbonyl (C=O) groups is 1. The molecule has 27 heavy (non-hydrogen) atoms. The van der Waals surface area contributed by atoms with E-state index in [-0.39, 0.29) is 18.2 Å². The summed E-state index contributed by atoms with van der Waals surface area (Å²) in [4.78, 5) is 15.2. The second-order valence-electron chi connectivity index (χ2n) is 6.46. The molecule has 3 aromatic carbocycles. The molecular weight excluding hydrogens is 338 g/mol. The van der Waals surface area contributed by atoms with Gasteiger partial charge in [0.2, 0.25) is 0 Å². The quantitative estimate of drug-likeness (QED) is 0.706. The molecule has 0 unspecified atom stereocenters. The highest BCUT2D eigenvalue weighted by Crippen LogP contribution is 2.31. The van der Waals surface area contributed by atoms with Gasteiger partial charge < -0.3 is 14.7 Å². The summed E-state index contributed by atoms with van der Waals surface area (Å²) in [5, 5.41) is 10.2. The fraction of sp³-hybridized carbons (Fsp3) is 0.174. The number of anilines is 1. The molecule has 4 nitrogen and oxygen atoms in total. The predicted molar refractivity (Wildman–Crippen MR) is 108 cm³/mol. The summed E-state index contributed by atoms with van der Waals surface area (Å²) in [6, 6.07) is 20.2. The van der Waals surface area contributed by atoms with Gasteiger partial charge in [0, 0.05) is 5.56 Å². The summed E-state index contributed by atoms with van der Waals surface area (Å²) in [5.74, 6) is 0.519. The lowest BCUT2D eigenvalue weighted by Gasteiger charge is -2.27. The highest BCUT2D eigenvalue weighted by atomic mass is 16.5. The van der Waals surface area contributed by atoms with E-state index in [0.717, 1.165) is 16.8 Å². The van der Waals surface area contributed by atoms with Crippen LogP contribution in [-0.4, -0.2) is 18.1 Å². The molecule has 3 aromatic rings. The van der Waals surface area contributed by atoms with Crippen LogP contribution < -0.4 is 9.64 Å². The Morgan fingerprint density at radius 3 is 2.22 bits per heavy atom. The maximum absolute atomic E-state index is 13.5. The van der Waals surface area contributed by atoms with Crippen molar-refractivity contribution >= 4 is 11.6 Å². The van der Waals surface area contributed by atoms with Gasteiger partial charge in [0.15, 0.2) is 0 Å². The van der Waals surface area contributed by atoms with Crippen molar-refractivity contribution in [1.29, 1.82) is 0 Å². The Hall–Kier alpha value is -3.27. The van der Waals surface area contributed by atoms with Crippen LogP contribution in [0.1, 0.15) is 27.0 Å². The molecule has 0 heterocycles. The molecule has 0 saturated heterocycles. The highest BCUT2D eigenvalue weighted by molar-refractivity contribution is 6.08. The number of para-hydroxylation sites is 3. The van der Waals surface area contributed by atoms with Crippen molar-refractivity contribution < 1.29 is 14.6 Å². The number of amides is 1. The first-order valence-corrected chi connectivity index (χ1v) is 8.81. The van der Waals surface area contributed by atoms with Gasteiger partial charge in [-0.3, -0.25) is 4.79 Å². The largest absolute Gasteiger partial charge is 0.508 e. The molecule has 1 amide bonds. The van der Waals surface area contributed by atoms with Crippen LogP contribution in [0.5, 0.6) is 11.5 Å². The molecule has 0 saturated carbocycles. The van der Waals surface area contributed by atoms with E-state index in [0.29, 0.717) is 16.9 Å². The Balaban J connectivity index is 2.13. The first-order chi connectivity index (χ1) is 13.0. The minimum atomic E-state index is -0.173. The number of hydrogen-bond donors (Lipinski definition) is 1. The van der Waals surface area contributed by atoms with Gasteiger partial charge in [-0.05, 0) is 43.2 Å². The molecule has 0 spiro atoms. The third-order valence-corrected chi connectivity index (χ3v) is 4.61. The summed E-state index contributed by atoms with van der Waals surface area (Å²) in [6.45, 7) is 4.22. The second kappa shape index (κ2) is 7.96. The average molecular weight is 361 g/mol. The summed E-state index contributed by atoms with van der Waals surface area (Å²) >= 11 is 0. The maximum atomic E-state index is 13.5. The van der Waals surface area contributed by atoms with Crippen molar-refractivity contribution in [3.8, 4) is 11.5 Å². The van der Waals surface area contributed by atoms with Crippen LogP contribution in [0.3, 0.4) is 0 Å². The maximum Gasteiger partial charge on any atom is 0.262 e. The van der Waals surface area contributed by atoms with Gasteiger partial charge in [-0.1, -0.05) is 48.5 Å². The van der Waals surface area contributed by atoms with Gasteiger partial charge in [-0.25, -0.2) is 0 Å². The fourth-order valence-electron chi connectivity index (χ4n) is 3.27. The number of rotatable bonds is 5. The first-order valence-electron chi connectivity index (χ1n) is 8.81. The van der Waals surface area contributed by atoms with E-state index in [9.17, 15) is 9.90 Å². The molecule has 1 N–H and O–H groups in total. The van der Waals surface area contributed by atoms with Crippen molar-refractivity contribution in [3.05, 3.63) is 89.0 Å². The number of benzene rings is 3. The Labute approximate surface area is 159 Å². The number of hydrogen-bond acceptors (Lipinski definition) is 3. The van der Waals surface area contributed by atoms with Crippen molar-refractivity contribution in [3.63, 3.8) is 0 Å². The summed E-state index contributed by atoms with van der Waals surface area (Å²) < 4.78 is 5.39. The Morgan fingerprint density at radius 1 is 0.926 bits per heavy atom. The van der Waals surface area contributed by atoms with Gasteiger partial charge in [0.25, 0.3) is 5.91 Å². The molecule has 3 rings (SSSR count). The molecule has 0 atom stereocenters. The normalized spacial score (nSPS) is 10.5. The van der Waals surface area contributed by atoms with E-state index in [1.807, 2.05) is 56.3 Å². The number of phenols is 1. The van der Waals surface area contributed by atoms with E-state index < -0.39 is 0 Å². The average Bonchev–Trinajstić information content (AvgIpc) is 2.68. The summed E-state index contributed by atoms with van der Waals surface area (Å²) in [7, 11) is 1.55. The monoisotopic (exact) mass is 361 g/mol. The van der Waals surface area contributed by atoms with E-state index in [4.69, 9.17) is 4.74 Å². The van der Waals surface area contributed by atoms with Crippen LogP contribution in [0.25, 0.3) is 0 Å². The number of aromatic hydroxyl groups is 1. The van der Waals surface area contributed by atoms with E-state index >= 15 is 0 Å². The molecule has 0 aliphatic rings. The lowest BCUT2D eigenvalue weighted by Crippen LogP contribution is -2.32. The van der Waals surface area contributed by atoms with E-state index in [2.05, 4.69) is 0 Å². The summed E-state index contributed by atoms with van der Waals surface area (Å²) in [5.41, 5.74) is 4.00. The van der Waals surface area contributed by atoms with Crippen LogP contribution in [0.2, 0.25) is 0 Å². The molecule has 0 aliphatic heterocycles. The zero-order valence-electron chi connectivity index (χ0n) is 15.8. The lowest BCUT2D eigenvalue weighted by molar-refractivity contribution is 0.0981. The molecule has 0 fully saturated rings. The number of carbonyl (C=O) groups excluding carboxylic acids is 1. The third-order valence-electron chi connectivity index (χ3n) is 4.61. The molecule has 0 radical (unpaired) electrons. The van der Waals surface area contributed by atoms with E-state index in [1.54, 1.807) is 36.3 Å². The molecule has 0 aromatic heterocycles. The van der Waals surface area contributed by atoms with Gasteiger partial charge >= 0.3 is 0 Å². The topological polar surface area (TPSA) is 49.8 Å². The molecule has 0 aliphatic carbocycles. The fourth-order valence-corrected chi connectivity index (χ4v) is 3.27. The number of phenolic OH excluding ortho intramolecular Hbond substituents is 1. The number of ether oxygens (including phenoxy) is 1. The standard InChI is InChI=1S/C23H23NO3/c1-16-9-8-10-17(2)22(16)24(15-18-11-4-6-13-20(18)25)23(26)19-12-5-7-14-21(19)27-3/h4-14,25H,15H2,1-3H3. The Kier molecular flexibility index (Phi) is 5.46. The van der Waals surface area contributed by atoms with Gasteiger partial charge in [0.05, 0.1) is 24.9 Å². The predicted octanol–water partition coefficient (Wildman–Crippen LogP) is 4.86. The van der Waals surface area contributed by atoms with Gasteiger partial charge in [-0.15, -0.1) is 0 Å². The molecule has 138 valence electrons. The van der Waals surface area contributed by atoms with Gasteiger partial charge in [-0.2, -0.15) is 0 Å². The van der Waals surface area contributed by atoms with Crippen molar-refractivity contribution in [2.24, 2.45) is 0 Å². The van der Waals surface area contributed by atoms with Gasteiger partial charge in [0.1, 0.15) is 11.5 Å². The third kappa shape index (κ3) is 3.80. The zero-order valence-corrected chi connectivity index (χ0v) is 15.8. The molecule has 4 heteroatoms. The number of nitrogens with zero attached hydrogens (tertiary/aromatic N) is 1. The lowest BCUT2D eigenvalue weighted by atomic mass is 10.0. The van der Waals surface area contributed by atoms with Crippen molar-refractivity contribution in [1.82, 2.24) is 0 Å². The van der Waals surface area contributed by atoms with E-state index in [1.165, 1.54) is 0 Å². The van der Waals surface area contributed by atoms with Crippen molar-refractivity contribution in [2.75, 3.05) is 12.0 Å². The Morgan fingerprint density at radius 2 is 1.56 bits per heavy atom. The second-order valence-corrected chi connectivity index (χ2v) is 6.46. The molecule has 0 bridgehead atoms. The van der Waals surface area contributed by atoms with Crippen LogP contribution in [0.15, 0.2) is 66.7 Å². The number of methoxy groups -OCH3 is 1. The zero-order chi connectivity index (χ0) is 19.4. The van der Waals surface area contributed by atoms with Crippen LogP contribution in [0.4, 0.5) is 5.69 Å². The van der Waals surface area contributed by atoms with Crippen LogP contribution >= 0.6 is 0 Å². The highest BCUT2D eigenvalue weighted by Gasteiger charge is 2.24. The molecular formula is C23H23NO3. The van der Waals surface area contributed by atoms with Crippen LogP contribution in [-0.2, 0) is 6.54 Å². The minimum Gasteiger partial charge on any atom is -0.508 e. The first kappa shape index (κ1) is 18.5. The smallest absolute Gasteiger partial charge is 0.262 e. The summed E-state index contributed by atoms with van der Waals surface area (Å²) in [6.07, 6.45) is 0. The van der Waals surface area contributed by atoms with Crippen molar-refractivity contribution in [2.45, 2.75) is 20.4 Å². The Bertz CT molecular complexity index is 945. The SMILES string of the molecule is COc1ccccc1C(=O)N(Cc1ccccc1O)c1c(C)cccc1C.